The minimum absolute atomic E-state index is 0.234. The third kappa shape index (κ3) is 3.82. The zero-order valence-electron chi connectivity index (χ0n) is 17.3. The van der Waals surface area contributed by atoms with Crippen molar-refractivity contribution in [3.05, 3.63) is 30.1 Å². The lowest BCUT2D eigenvalue weighted by atomic mass is 10.0. The van der Waals surface area contributed by atoms with Crippen molar-refractivity contribution in [2.24, 2.45) is 0 Å². The number of imidazole rings is 1. The Balaban J connectivity index is 1.68. The van der Waals surface area contributed by atoms with Crippen molar-refractivity contribution in [3.8, 4) is 0 Å². The first-order valence-corrected chi connectivity index (χ1v) is 10.0. The predicted octanol–water partition coefficient (Wildman–Crippen LogP) is 1.66. The Kier molecular flexibility index (Phi) is 5.10. The maximum atomic E-state index is 12.8. The Morgan fingerprint density at radius 2 is 2.07 bits per heavy atom. The van der Waals surface area contributed by atoms with Crippen molar-refractivity contribution in [2.75, 3.05) is 31.1 Å². The quantitative estimate of drug-likeness (QED) is 0.774. The Hall–Kier alpha value is -3.14. The first-order valence-electron chi connectivity index (χ1n) is 10.0. The molecule has 0 bridgehead atoms. The van der Waals surface area contributed by atoms with E-state index in [1.54, 1.807) is 11.1 Å². The van der Waals surface area contributed by atoms with Crippen LogP contribution in [-0.4, -0.2) is 64.1 Å². The lowest BCUT2D eigenvalue weighted by Gasteiger charge is -2.37. The van der Waals surface area contributed by atoms with Gasteiger partial charge in [0.25, 0.3) is 0 Å². The number of imide groups is 1. The van der Waals surface area contributed by atoms with Crippen LogP contribution in [0.25, 0.3) is 5.65 Å². The molecule has 0 radical (unpaired) electrons. The van der Waals surface area contributed by atoms with Crippen LogP contribution in [0.4, 0.5) is 15.4 Å². The molecule has 0 spiro atoms. The molecule has 2 aliphatic heterocycles. The molecular formula is C20H26N6O4. The number of hydrogen-bond donors (Lipinski definition) is 2. The highest BCUT2D eigenvalue weighted by Crippen LogP contribution is 2.29. The normalized spacial score (nSPS) is 20.4. The van der Waals surface area contributed by atoms with Crippen LogP contribution in [0.5, 0.6) is 0 Å². The minimum atomic E-state index is -0.585. The van der Waals surface area contributed by atoms with Gasteiger partial charge < -0.3 is 10.1 Å². The van der Waals surface area contributed by atoms with Crippen LogP contribution < -0.4 is 15.5 Å². The van der Waals surface area contributed by atoms with Gasteiger partial charge in [0.05, 0.1) is 12.2 Å². The molecule has 4 heterocycles. The summed E-state index contributed by atoms with van der Waals surface area (Å²) in [5, 5.41) is 5.66. The molecule has 160 valence electrons. The Morgan fingerprint density at radius 3 is 2.80 bits per heavy atom. The molecule has 30 heavy (non-hydrogen) atoms. The molecule has 2 aromatic heterocycles. The number of urea groups is 1. The van der Waals surface area contributed by atoms with Gasteiger partial charge in [-0.3, -0.25) is 24.3 Å². The van der Waals surface area contributed by atoms with Gasteiger partial charge >= 0.3 is 12.1 Å². The van der Waals surface area contributed by atoms with Gasteiger partial charge in [-0.05, 0) is 26.8 Å². The van der Waals surface area contributed by atoms with Gasteiger partial charge in [-0.15, -0.1) is 0 Å². The Bertz CT molecular complexity index is 995. The van der Waals surface area contributed by atoms with Crippen LogP contribution in [0.2, 0.25) is 0 Å². The summed E-state index contributed by atoms with van der Waals surface area (Å²) in [5.74, 6) is 0.288. The predicted molar refractivity (Wildman–Crippen MR) is 109 cm³/mol. The molecule has 0 aliphatic carbocycles. The van der Waals surface area contributed by atoms with Gasteiger partial charge in [-0.1, -0.05) is 6.07 Å². The standard InChI is InChI=1S/C20H26N6O4/c1-20(2,3)30-19(29)24-10-7-21-11-14(24)13-5-4-8-25-16(12-22-17(13)25)26-9-6-15(27)23-18(26)28/h4-5,8,12,14,21H,6-7,9-11H2,1-3H3,(H,23,27,28). The number of amides is 4. The summed E-state index contributed by atoms with van der Waals surface area (Å²) in [7, 11) is 0. The van der Waals surface area contributed by atoms with Crippen LogP contribution in [0.1, 0.15) is 38.8 Å². The lowest BCUT2D eigenvalue weighted by Crippen LogP contribution is -2.50. The van der Waals surface area contributed by atoms with Gasteiger partial charge in [0.15, 0.2) is 0 Å². The summed E-state index contributed by atoms with van der Waals surface area (Å²) in [6, 6.07) is 3.07. The molecule has 10 nitrogen and oxygen atoms in total. The second kappa shape index (κ2) is 7.60. The summed E-state index contributed by atoms with van der Waals surface area (Å²) in [6.45, 7) is 7.59. The summed E-state index contributed by atoms with van der Waals surface area (Å²) in [5.41, 5.74) is 0.924. The number of aromatic nitrogens is 2. The molecule has 10 heteroatoms. The van der Waals surface area contributed by atoms with E-state index in [4.69, 9.17) is 4.74 Å². The third-order valence-corrected chi connectivity index (χ3v) is 5.11. The topological polar surface area (TPSA) is 108 Å². The fourth-order valence-corrected chi connectivity index (χ4v) is 3.78. The summed E-state index contributed by atoms with van der Waals surface area (Å²) in [4.78, 5) is 44.3. The van der Waals surface area contributed by atoms with E-state index in [1.807, 2.05) is 43.5 Å². The van der Waals surface area contributed by atoms with Crippen LogP contribution >= 0.6 is 0 Å². The molecule has 2 fully saturated rings. The Morgan fingerprint density at radius 1 is 1.27 bits per heavy atom. The fourth-order valence-electron chi connectivity index (χ4n) is 3.78. The van der Waals surface area contributed by atoms with Crippen LogP contribution in [0.3, 0.4) is 0 Å². The highest BCUT2D eigenvalue weighted by Gasteiger charge is 2.33. The van der Waals surface area contributed by atoms with E-state index in [2.05, 4.69) is 15.6 Å². The van der Waals surface area contributed by atoms with Gasteiger partial charge in [0.1, 0.15) is 17.1 Å². The zero-order valence-corrected chi connectivity index (χ0v) is 17.3. The molecule has 1 atom stereocenters. The van der Waals surface area contributed by atoms with E-state index in [0.717, 1.165) is 5.56 Å². The number of pyridine rings is 1. The van der Waals surface area contributed by atoms with Crippen molar-refractivity contribution >= 4 is 29.5 Å². The first-order chi connectivity index (χ1) is 14.2. The maximum absolute atomic E-state index is 12.8. The monoisotopic (exact) mass is 414 g/mol. The Labute approximate surface area is 174 Å². The number of carbonyl (C=O) groups is 3. The number of fused-ring (bicyclic) bond motifs is 1. The SMILES string of the molecule is CC(C)(C)OC(=O)N1CCNCC1c1cccn2c(N3CCC(=O)NC3=O)cnc12. The van der Waals surface area contributed by atoms with Gasteiger partial charge in [0, 0.05) is 44.4 Å². The molecule has 0 aromatic carbocycles. The van der Waals surface area contributed by atoms with Crippen molar-refractivity contribution in [1.82, 2.24) is 24.9 Å². The number of carbonyl (C=O) groups excluding carboxylic acids is 3. The van der Waals surface area contributed by atoms with Crippen molar-refractivity contribution in [3.63, 3.8) is 0 Å². The van der Waals surface area contributed by atoms with Gasteiger partial charge in [-0.25, -0.2) is 14.6 Å². The van der Waals surface area contributed by atoms with Crippen LogP contribution in [-0.2, 0) is 9.53 Å². The molecule has 2 aromatic rings. The van der Waals surface area contributed by atoms with E-state index < -0.39 is 11.6 Å². The molecule has 2 N–H and O–H groups in total. The van der Waals surface area contributed by atoms with Gasteiger partial charge in [-0.2, -0.15) is 0 Å². The van der Waals surface area contributed by atoms with E-state index in [9.17, 15) is 14.4 Å². The van der Waals surface area contributed by atoms with E-state index in [0.29, 0.717) is 31.1 Å². The second-order valence-electron chi connectivity index (χ2n) is 8.42. The number of ether oxygens (including phenoxy) is 1. The average molecular weight is 414 g/mol. The molecule has 0 saturated carbocycles. The highest BCUT2D eigenvalue weighted by atomic mass is 16.6. The lowest BCUT2D eigenvalue weighted by molar-refractivity contribution is -0.120. The smallest absolute Gasteiger partial charge is 0.410 e. The van der Waals surface area contributed by atoms with E-state index in [-0.39, 0.29) is 31.0 Å². The molecule has 2 saturated heterocycles. The van der Waals surface area contributed by atoms with Crippen LogP contribution in [0.15, 0.2) is 24.5 Å². The minimum Gasteiger partial charge on any atom is -0.444 e. The molecule has 4 amide bonds. The second-order valence-corrected chi connectivity index (χ2v) is 8.42. The molecule has 4 rings (SSSR count). The zero-order chi connectivity index (χ0) is 21.5. The summed E-state index contributed by atoms with van der Waals surface area (Å²) >= 11 is 0. The maximum Gasteiger partial charge on any atom is 0.410 e. The highest BCUT2D eigenvalue weighted by molar-refractivity contribution is 6.05. The number of nitrogens with zero attached hydrogens (tertiary/aromatic N) is 4. The number of nitrogens with one attached hydrogen (secondary N) is 2. The molecule has 1 unspecified atom stereocenters. The third-order valence-electron chi connectivity index (χ3n) is 5.11. The number of piperazine rings is 1. The molecule has 2 aliphatic rings. The summed E-state index contributed by atoms with van der Waals surface area (Å²) < 4.78 is 7.42. The molecular weight excluding hydrogens is 388 g/mol. The van der Waals surface area contributed by atoms with Gasteiger partial charge in [0.2, 0.25) is 5.91 Å². The summed E-state index contributed by atoms with van der Waals surface area (Å²) in [6.07, 6.45) is 3.30. The average Bonchev–Trinajstić information content (AvgIpc) is 3.11. The van der Waals surface area contributed by atoms with E-state index in [1.165, 1.54) is 4.90 Å². The number of rotatable bonds is 2. The van der Waals surface area contributed by atoms with Crippen LogP contribution in [0, 0.1) is 0 Å². The first kappa shape index (κ1) is 20.1. The van der Waals surface area contributed by atoms with Crippen molar-refractivity contribution in [2.45, 2.75) is 38.8 Å². The van der Waals surface area contributed by atoms with E-state index >= 15 is 0 Å². The number of hydrogen-bond acceptors (Lipinski definition) is 6. The largest absolute Gasteiger partial charge is 0.444 e. The van der Waals surface area contributed by atoms with Crippen molar-refractivity contribution < 1.29 is 19.1 Å². The van der Waals surface area contributed by atoms with Crippen molar-refractivity contribution in [1.29, 1.82) is 0 Å². The number of anilines is 1. The fraction of sp³-hybridized carbons (Fsp3) is 0.500.